The van der Waals surface area contributed by atoms with Crippen molar-refractivity contribution in [3.05, 3.63) is 58.6 Å². The summed E-state index contributed by atoms with van der Waals surface area (Å²) in [6.45, 7) is 1.73. The minimum atomic E-state index is -0.843. The summed E-state index contributed by atoms with van der Waals surface area (Å²) in [5, 5.41) is 13.4. The maximum absolute atomic E-state index is 12.4. The normalized spacial score (nSPS) is 19.0. The number of anilines is 1. The third-order valence-electron chi connectivity index (χ3n) is 3.43. The summed E-state index contributed by atoms with van der Waals surface area (Å²) in [6.07, 6.45) is -1.33. The largest absolute Gasteiger partial charge is 0.482 e. The van der Waals surface area contributed by atoms with Gasteiger partial charge in [-0.25, -0.2) is 0 Å². The number of amides is 1. The monoisotopic (exact) mass is 314 g/mol. The number of carbonyl (C=O) groups is 1. The van der Waals surface area contributed by atoms with Crippen LogP contribution in [-0.4, -0.2) is 23.0 Å². The molecule has 1 aliphatic rings. The highest BCUT2D eigenvalue weighted by molar-refractivity contribution is 5.95. The maximum atomic E-state index is 12.4. The fourth-order valence-electron chi connectivity index (χ4n) is 2.32. The Kier molecular flexibility index (Phi) is 3.84. The highest BCUT2D eigenvalue weighted by Gasteiger charge is 2.34. The molecular formula is C16H14N2O5. The van der Waals surface area contributed by atoms with E-state index in [9.17, 15) is 14.9 Å². The van der Waals surface area contributed by atoms with Crippen molar-refractivity contribution in [1.29, 1.82) is 0 Å². The molecule has 0 bridgehead atoms. The zero-order chi connectivity index (χ0) is 16.4. The van der Waals surface area contributed by atoms with Crippen LogP contribution in [0.4, 0.5) is 11.4 Å². The molecule has 118 valence electrons. The van der Waals surface area contributed by atoms with Gasteiger partial charge >= 0.3 is 0 Å². The molecule has 0 fully saturated rings. The second-order valence-electron chi connectivity index (χ2n) is 5.10. The summed E-state index contributed by atoms with van der Waals surface area (Å²) < 4.78 is 11.4. The second-order valence-corrected chi connectivity index (χ2v) is 5.10. The van der Waals surface area contributed by atoms with Crippen molar-refractivity contribution in [3.8, 4) is 11.5 Å². The van der Waals surface area contributed by atoms with Crippen LogP contribution in [-0.2, 0) is 4.79 Å². The van der Waals surface area contributed by atoms with Crippen molar-refractivity contribution in [2.24, 2.45) is 0 Å². The smallest absolute Gasteiger partial charge is 0.271 e. The van der Waals surface area contributed by atoms with Crippen molar-refractivity contribution >= 4 is 17.3 Å². The van der Waals surface area contributed by atoms with Crippen molar-refractivity contribution in [2.45, 2.75) is 19.1 Å². The van der Waals surface area contributed by atoms with Gasteiger partial charge < -0.3 is 14.8 Å². The van der Waals surface area contributed by atoms with E-state index in [0.717, 1.165) is 0 Å². The molecule has 2 atom stereocenters. The van der Waals surface area contributed by atoms with Gasteiger partial charge in [0.05, 0.1) is 4.92 Å². The van der Waals surface area contributed by atoms with Crippen molar-refractivity contribution in [3.63, 3.8) is 0 Å². The number of fused-ring (bicyclic) bond motifs is 1. The molecule has 0 spiro atoms. The minimum Gasteiger partial charge on any atom is -0.482 e. The zero-order valence-electron chi connectivity index (χ0n) is 12.3. The molecule has 0 saturated carbocycles. The molecule has 1 heterocycles. The number of nitrogens with one attached hydrogen (secondary N) is 1. The number of carbonyl (C=O) groups excluding carboxylic acids is 1. The highest BCUT2D eigenvalue weighted by atomic mass is 16.6. The lowest BCUT2D eigenvalue weighted by atomic mass is 10.1. The Balaban J connectivity index is 1.76. The van der Waals surface area contributed by atoms with Crippen LogP contribution in [0.15, 0.2) is 48.5 Å². The molecule has 0 aromatic heterocycles. The quantitative estimate of drug-likeness (QED) is 0.695. The number of hydrogen-bond acceptors (Lipinski definition) is 5. The van der Waals surface area contributed by atoms with Gasteiger partial charge in [0.1, 0.15) is 6.10 Å². The minimum absolute atomic E-state index is 0.0954. The predicted octanol–water partition coefficient (Wildman–Crippen LogP) is 2.76. The molecule has 2 unspecified atom stereocenters. The van der Waals surface area contributed by atoms with Crippen LogP contribution in [0.3, 0.4) is 0 Å². The number of para-hydroxylation sites is 2. The van der Waals surface area contributed by atoms with E-state index in [1.165, 1.54) is 18.2 Å². The number of nitrogens with zero attached hydrogens (tertiary/aromatic N) is 1. The van der Waals surface area contributed by atoms with E-state index in [0.29, 0.717) is 17.2 Å². The van der Waals surface area contributed by atoms with E-state index in [1.807, 2.05) is 6.07 Å². The summed E-state index contributed by atoms with van der Waals surface area (Å²) in [6, 6.07) is 12.8. The lowest BCUT2D eigenvalue weighted by molar-refractivity contribution is -0.384. The molecule has 0 aliphatic carbocycles. The first-order valence-corrected chi connectivity index (χ1v) is 7.02. The van der Waals surface area contributed by atoms with Gasteiger partial charge in [-0.15, -0.1) is 0 Å². The van der Waals surface area contributed by atoms with Gasteiger partial charge in [0, 0.05) is 17.8 Å². The van der Waals surface area contributed by atoms with E-state index in [1.54, 1.807) is 31.2 Å². The Labute approximate surface area is 132 Å². The first kappa shape index (κ1) is 14.8. The van der Waals surface area contributed by atoms with Crippen LogP contribution >= 0.6 is 0 Å². The summed E-state index contributed by atoms with van der Waals surface area (Å²) >= 11 is 0. The Hall–Kier alpha value is -3.09. The maximum Gasteiger partial charge on any atom is 0.271 e. The van der Waals surface area contributed by atoms with Crippen LogP contribution < -0.4 is 14.8 Å². The third-order valence-corrected chi connectivity index (χ3v) is 3.43. The average molecular weight is 314 g/mol. The Morgan fingerprint density at radius 3 is 2.52 bits per heavy atom. The predicted molar refractivity (Wildman–Crippen MR) is 82.7 cm³/mol. The number of nitro groups is 1. The third kappa shape index (κ3) is 3.08. The van der Waals surface area contributed by atoms with Gasteiger partial charge in [0.2, 0.25) is 6.10 Å². The van der Waals surface area contributed by atoms with Crippen molar-refractivity contribution in [2.75, 3.05) is 5.32 Å². The van der Waals surface area contributed by atoms with Gasteiger partial charge in [-0.2, -0.15) is 0 Å². The van der Waals surface area contributed by atoms with E-state index >= 15 is 0 Å². The van der Waals surface area contributed by atoms with Gasteiger partial charge in [-0.1, -0.05) is 18.2 Å². The molecule has 1 N–H and O–H groups in total. The summed E-state index contributed by atoms with van der Waals surface area (Å²) in [5.41, 5.74) is 0.237. The Morgan fingerprint density at radius 1 is 1.13 bits per heavy atom. The van der Waals surface area contributed by atoms with Gasteiger partial charge in [-0.05, 0) is 25.1 Å². The van der Waals surface area contributed by atoms with Crippen molar-refractivity contribution < 1.29 is 19.2 Å². The molecule has 2 aromatic rings. The second kappa shape index (κ2) is 5.96. The molecule has 0 saturated heterocycles. The molecule has 7 nitrogen and oxygen atoms in total. The molecule has 0 radical (unpaired) electrons. The Bertz CT molecular complexity index is 762. The van der Waals surface area contributed by atoms with Crippen LogP contribution in [0.1, 0.15) is 6.92 Å². The average Bonchev–Trinajstić information content (AvgIpc) is 2.54. The number of ether oxygens (including phenoxy) is 2. The van der Waals surface area contributed by atoms with Crippen molar-refractivity contribution in [1.82, 2.24) is 0 Å². The summed E-state index contributed by atoms with van der Waals surface area (Å²) in [7, 11) is 0. The Morgan fingerprint density at radius 2 is 1.83 bits per heavy atom. The van der Waals surface area contributed by atoms with Gasteiger partial charge in [-0.3, -0.25) is 14.9 Å². The number of non-ortho nitro benzene ring substituents is 1. The van der Waals surface area contributed by atoms with E-state index in [4.69, 9.17) is 9.47 Å². The molecule has 3 rings (SSSR count). The SMILES string of the molecule is CC1Oc2ccccc2OC1C(=O)Nc1cccc([N+](=O)[O-])c1. The fraction of sp³-hybridized carbons (Fsp3) is 0.188. The topological polar surface area (TPSA) is 90.7 Å². The first-order chi connectivity index (χ1) is 11.0. The van der Waals surface area contributed by atoms with E-state index < -0.39 is 23.0 Å². The molecule has 1 aliphatic heterocycles. The lowest BCUT2D eigenvalue weighted by Crippen LogP contribution is -2.46. The molecule has 23 heavy (non-hydrogen) atoms. The summed E-state index contributed by atoms with van der Waals surface area (Å²) in [5.74, 6) is 0.650. The highest BCUT2D eigenvalue weighted by Crippen LogP contribution is 2.33. The molecule has 7 heteroatoms. The van der Waals surface area contributed by atoms with Crippen LogP contribution in [0, 0.1) is 10.1 Å². The lowest BCUT2D eigenvalue weighted by Gasteiger charge is -2.30. The standard InChI is InChI=1S/C16H14N2O5/c1-10-15(23-14-8-3-2-7-13(14)22-10)16(19)17-11-5-4-6-12(9-11)18(20)21/h2-10,15H,1H3,(H,17,19). The summed E-state index contributed by atoms with van der Waals surface area (Å²) in [4.78, 5) is 22.6. The fourth-order valence-corrected chi connectivity index (χ4v) is 2.32. The van der Waals surface area contributed by atoms with Gasteiger partial charge in [0.25, 0.3) is 11.6 Å². The molecule has 1 amide bonds. The van der Waals surface area contributed by atoms with Crippen LogP contribution in [0.25, 0.3) is 0 Å². The number of nitro benzene ring substituents is 1. The van der Waals surface area contributed by atoms with Crippen LogP contribution in [0.5, 0.6) is 11.5 Å². The van der Waals surface area contributed by atoms with E-state index in [2.05, 4.69) is 5.32 Å². The van der Waals surface area contributed by atoms with Gasteiger partial charge in [0.15, 0.2) is 11.5 Å². The number of benzene rings is 2. The number of hydrogen-bond donors (Lipinski definition) is 1. The first-order valence-electron chi connectivity index (χ1n) is 7.02. The molecule has 2 aromatic carbocycles. The number of rotatable bonds is 3. The van der Waals surface area contributed by atoms with Crippen LogP contribution in [0.2, 0.25) is 0 Å². The zero-order valence-corrected chi connectivity index (χ0v) is 12.3. The van der Waals surface area contributed by atoms with E-state index in [-0.39, 0.29) is 5.69 Å². The molecular weight excluding hydrogens is 300 g/mol.